The van der Waals surface area contributed by atoms with Crippen LogP contribution < -0.4 is 0 Å². The zero-order valence-electron chi connectivity index (χ0n) is 16.5. The summed E-state index contributed by atoms with van der Waals surface area (Å²) in [7, 11) is 2.37. The highest BCUT2D eigenvalue weighted by molar-refractivity contribution is 6.22. The summed E-state index contributed by atoms with van der Waals surface area (Å²) < 4.78 is 9.94. The second-order valence-corrected chi connectivity index (χ2v) is 7.13. The van der Waals surface area contributed by atoms with Crippen molar-refractivity contribution in [2.45, 2.75) is 12.5 Å². The highest BCUT2D eigenvalue weighted by Crippen LogP contribution is 2.49. The second kappa shape index (κ2) is 7.26. The van der Waals surface area contributed by atoms with Gasteiger partial charge in [-0.1, -0.05) is 48.5 Å². The smallest absolute Gasteiger partial charge is 0.327 e. The maximum atomic E-state index is 13.0. The quantitative estimate of drug-likeness (QED) is 0.441. The Kier molecular flexibility index (Phi) is 4.73. The molecule has 1 aliphatic carbocycles. The fourth-order valence-corrected chi connectivity index (χ4v) is 4.27. The lowest BCUT2D eigenvalue weighted by Gasteiger charge is -2.29. The van der Waals surface area contributed by atoms with Crippen LogP contribution >= 0.6 is 0 Å². The van der Waals surface area contributed by atoms with Gasteiger partial charge in [-0.05, 0) is 23.3 Å². The van der Waals surface area contributed by atoms with E-state index in [1.807, 2.05) is 0 Å². The number of hydrogen-bond acceptors (Lipinski definition) is 6. The molecule has 0 fully saturated rings. The third-order valence-corrected chi connectivity index (χ3v) is 5.64. The predicted molar refractivity (Wildman–Crippen MR) is 106 cm³/mol. The van der Waals surface area contributed by atoms with E-state index in [1.54, 1.807) is 60.7 Å². The Hall–Kier alpha value is -3.74. The van der Waals surface area contributed by atoms with Crippen LogP contribution in [0.2, 0.25) is 0 Å². The lowest BCUT2D eigenvalue weighted by Crippen LogP contribution is -2.45. The molecule has 7 nitrogen and oxygen atoms in total. The summed E-state index contributed by atoms with van der Waals surface area (Å²) in [5.74, 6) is -2.53. The van der Waals surface area contributed by atoms with Gasteiger partial charge in [0.1, 0.15) is 0 Å². The molecular weight excluding hydrogens is 386 g/mol. The van der Waals surface area contributed by atoms with Crippen molar-refractivity contribution in [3.63, 3.8) is 0 Å². The van der Waals surface area contributed by atoms with Crippen LogP contribution in [0.25, 0.3) is 5.57 Å². The minimum absolute atomic E-state index is 0.151. The topological polar surface area (TPSA) is 90.0 Å². The number of fused-ring (bicyclic) bond motifs is 1. The Morgan fingerprint density at radius 3 is 1.87 bits per heavy atom. The molecule has 7 heteroatoms. The molecule has 4 rings (SSSR count). The summed E-state index contributed by atoms with van der Waals surface area (Å²) >= 11 is 0. The summed E-state index contributed by atoms with van der Waals surface area (Å²) in [6.45, 7) is 0. The maximum Gasteiger partial charge on any atom is 0.327 e. The van der Waals surface area contributed by atoms with Gasteiger partial charge in [0.15, 0.2) is 5.41 Å². The molecule has 1 heterocycles. The van der Waals surface area contributed by atoms with Crippen LogP contribution in [0, 0.1) is 5.41 Å². The molecule has 2 aromatic carbocycles. The molecule has 0 spiro atoms. The predicted octanol–water partition coefficient (Wildman–Crippen LogP) is 2.47. The second-order valence-electron chi connectivity index (χ2n) is 7.13. The fourth-order valence-electron chi connectivity index (χ4n) is 4.27. The zero-order valence-corrected chi connectivity index (χ0v) is 16.5. The van der Waals surface area contributed by atoms with E-state index in [9.17, 15) is 19.2 Å². The summed E-state index contributed by atoms with van der Waals surface area (Å²) in [6, 6.07) is 14.6. The van der Waals surface area contributed by atoms with Crippen molar-refractivity contribution in [1.29, 1.82) is 0 Å². The summed E-state index contributed by atoms with van der Waals surface area (Å²) in [6.07, 6.45) is 1.47. The molecule has 2 aromatic rings. The average Bonchev–Trinajstić information content (AvgIpc) is 3.30. The summed E-state index contributed by atoms with van der Waals surface area (Å²) in [4.78, 5) is 52.9. The first-order chi connectivity index (χ1) is 14.5. The van der Waals surface area contributed by atoms with Gasteiger partial charge in [0.2, 0.25) is 0 Å². The third kappa shape index (κ3) is 2.66. The highest BCUT2D eigenvalue weighted by atomic mass is 16.5. The van der Waals surface area contributed by atoms with Crippen LogP contribution in [-0.4, -0.2) is 48.9 Å². The van der Waals surface area contributed by atoms with Crippen LogP contribution in [0.4, 0.5) is 0 Å². The Balaban J connectivity index is 1.85. The Labute approximate surface area is 172 Å². The number of hydrogen-bond donors (Lipinski definition) is 0. The number of amides is 2. The molecular formula is C23H19NO6. The third-order valence-electron chi connectivity index (χ3n) is 5.64. The van der Waals surface area contributed by atoms with Crippen molar-refractivity contribution in [3.8, 4) is 0 Å². The minimum Gasteiger partial charge on any atom is -0.468 e. The average molecular weight is 405 g/mol. The largest absolute Gasteiger partial charge is 0.468 e. The van der Waals surface area contributed by atoms with Gasteiger partial charge < -0.3 is 9.47 Å². The van der Waals surface area contributed by atoms with Crippen molar-refractivity contribution in [2.75, 3.05) is 14.2 Å². The van der Waals surface area contributed by atoms with Gasteiger partial charge in [0, 0.05) is 6.42 Å². The number of benzene rings is 2. The summed E-state index contributed by atoms with van der Waals surface area (Å²) in [5, 5.41) is 0. The Morgan fingerprint density at radius 1 is 0.867 bits per heavy atom. The minimum atomic E-state index is -1.79. The maximum absolute atomic E-state index is 13.0. The van der Waals surface area contributed by atoms with Gasteiger partial charge in [-0.2, -0.15) is 0 Å². The van der Waals surface area contributed by atoms with Gasteiger partial charge in [-0.3, -0.25) is 24.1 Å². The van der Waals surface area contributed by atoms with Crippen LogP contribution in [0.15, 0.2) is 60.7 Å². The Bertz CT molecular complexity index is 1040. The van der Waals surface area contributed by atoms with Crippen molar-refractivity contribution in [1.82, 2.24) is 4.90 Å². The molecule has 1 aliphatic heterocycles. The Morgan fingerprint density at radius 2 is 1.37 bits per heavy atom. The first-order valence-corrected chi connectivity index (χ1v) is 9.37. The van der Waals surface area contributed by atoms with E-state index in [-0.39, 0.29) is 6.42 Å². The standard InChI is InChI=1S/C23H19NO6/c1-29-21(27)23(22(28)30-2)13-15(12-18(23)14-8-4-3-5-9-14)24-19(25)16-10-6-7-11-17(16)20(24)26/h3-12,15H,13H2,1-2H3/t15-/m1/s1. The van der Waals surface area contributed by atoms with Gasteiger partial charge in [0.05, 0.1) is 31.4 Å². The van der Waals surface area contributed by atoms with Gasteiger partial charge in [0.25, 0.3) is 11.8 Å². The summed E-state index contributed by atoms with van der Waals surface area (Å²) in [5.41, 5.74) is -0.238. The van der Waals surface area contributed by atoms with Crippen LogP contribution in [0.5, 0.6) is 0 Å². The van der Waals surface area contributed by atoms with Gasteiger partial charge in [-0.15, -0.1) is 0 Å². The number of imide groups is 1. The van der Waals surface area contributed by atoms with Crippen molar-refractivity contribution in [3.05, 3.63) is 77.4 Å². The van der Waals surface area contributed by atoms with Gasteiger partial charge >= 0.3 is 11.9 Å². The van der Waals surface area contributed by atoms with Crippen LogP contribution in [0.1, 0.15) is 32.7 Å². The van der Waals surface area contributed by atoms with E-state index in [4.69, 9.17) is 9.47 Å². The molecule has 0 unspecified atom stereocenters. The molecule has 0 radical (unpaired) electrons. The van der Waals surface area contributed by atoms with E-state index in [0.717, 1.165) is 4.90 Å². The molecule has 0 bridgehead atoms. The van der Waals surface area contributed by atoms with Crippen molar-refractivity contribution in [2.24, 2.45) is 5.41 Å². The number of esters is 2. The number of rotatable bonds is 4. The molecule has 2 amide bonds. The molecule has 30 heavy (non-hydrogen) atoms. The normalized spacial score (nSPS) is 19.3. The van der Waals surface area contributed by atoms with Crippen LogP contribution in [0.3, 0.4) is 0 Å². The first kappa shape index (κ1) is 19.6. The van der Waals surface area contributed by atoms with E-state index in [0.29, 0.717) is 22.3 Å². The molecule has 0 N–H and O–H groups in total. The molecule has 0 saturated heterocycles. The zero-order chi connectivity index (χ0) is 21.5. The van der Waals surface area contributed by atoms with Crippen molar-refractivity contribution < 1.29 is 28.7 Å². The van der Waals surface area contributed by atoms with E-state index < -0.39 is 35.2 Å². The van der Waals surface area contributed by atoms with Crippen molar-refractivity contribution >= 4 is 29.3 Å². The number of ether oxygens (including phenoxy) is 2. The van der Waals surface area contributed by atoms with E-state index >= 15 is 0 Å². The number of carbonyl (C=O) groups is 4. The monoisotopic (exact) mass is 405 g/mol. The van der Waals surface area contributed by atoms with Crippen LogP contribution in [-0.2, 0) is 19.1 Å². The lowest BCUT2D eigenvalue weighted by atomic mass is 9.77. The number of carbonyl (C=O) groups excluding carboxylic acids is 4. The number of nitrogens with zero attached hydrogens (tertiary/aromatic N) is 1. The molecule has 1 atom stereocenters. The lowest BCUT2D eigenvalue weighted by molar-refractivity contribution is -0.164. The molecule has 0 aromatic heterocycles. The molecule has 0 saturated carbocycles. The SMILES string of the molecule is COC(=O)C1(C(=O)OC)C[C@H](N2C(=O)c3ccccc3C2=O)C=C1c1ccccc1. The first-order valence-electron chi connectivity index (χ1n) is 9.37. The van der Waals surface area contributed by atoms with E-state index in [2.05, 4.69) is 0 Å². The molecule has 152 valence electrons. The van der Waals surface area contributed by atoms with Gasteiger partial charge in [-0.25, -0.2) is 0 Å². The molecule has 2 aliphatic rings. The fraction of sp³-hybridized carbons (Fsp3) is 0.217. The number of methoxy groups -OCH3 is 2. The highest BCUT2D eigenvalue weighted by Gasteiger charge is 2.58. The van der Waals surface area contributed by atoms with E-state index in [1.165, 1.54) is 14.2 Å².